The van der Waals surface area contributed by atoms with E-state index in [1.807, 2.05) is 18.5 Å². The molecular formula is C15H20N4O. The van der Waals surface area contributed by atoms with Gasteiger partial charge in [0.25, 0.3) is 5.91 Å². The Bertz CT molecular complexity index is 604. The maximum absolute atomic E-state index is 12.3. The molecule has 0 spiro atoms. The quantitative estimate of drug-likeness (QED) is 0.857. The lowest BCUT2D eigenvalue weighted by atomic mass is 10.1. The summed E-state index contributed by atoms with van der Waals surface area (Å²) >= 11 is 0. The van der Waals surface area contributed by atoms with Gasteiger partial charge in [-0.05, 0) is 32.9 Å². The predicted octanol–water partition coefficient (Wildman–Crippen LogP) is 2.19. The molecule has 0 fully saturated rings. The summed E-state index contributed by atoms with van der Waals surface area (Å²) in [6.45, 7) is 7.49. The van der Waals surface area contributed by atoms with Gasteiger partial charge in [0.1, 0.15) is 0 Å². The van der Waals surface area contributed by atoms with Crippen molar-refractivity contribution in [2.24, 2.45) is 0 Å². The van der Waals surface area contributed by atoms with Crippen LogP contribution in [0.2, 0.25) is 0 Å². The molecule has 20 heavy (non-hydrogen) atoms. The Labute approximate surface area is 119 Å². The molecule has 5 nitrogen and oxygen atoms in total. The van der Waals surface area contributed by atoms with Gasteiger partial charge in [0, 0.05) is 43.8 Å². The molecule has 0 unspecified atom stereocenters. The second-order valence-corrected chi connectivity index (χ2v) is 4.87. The van der Waals surface area contributed by atoms with Gasteiger partial charge < -0.3 is 4.90 Å². The fourth-order valence-corrected chi connectivity index (χ4v) is 2.29. The molecule has 2 aromatic heterocycles. The van der Waals surface area contributed by atoms with Crippen LogP contribution in [0.25, 0.3) is 0 Å². The molecule has 0 aromatic carbocycles. The minimum atomic E-state index is -0.0267. The third-order valence-electron chi connectivity index (χ3n) is 3.48. The van der Waals surface area contributed by atoms with Gasteiger partial charge in [-0.2, -0.15) is 5.10 Å². The molecule has 0 N–H and O–H groups in total. The van der Waals surface area contributed by atoms with Crippen molar-refractivity contribution in [3.05, 3.63) is 47.0 Å². The van der Waals surface area contributed by atoms with E-state index in [0.717, 1.165) is 23.5 Å². The molecule has 2 heterocycles. The highest BCUT2D eigenvalue weighted by Gasteiger charge is 2.17. The maximum Gasteiger partial charge on any atom is 0.255 e. The van der Waals surface area contributed by atoms with Gasteiger partial charge in [-0.1, -0.05) is 0 Å². The number of hydrogen-bond acceptors (Lipinski definition) is 3. The number of aryl methyl sites for hydroxylation is 2. The van der Waals surface area contributed by atoms with Crippen LogP contribution >= 0.6 is 0 Å². The highest BCUT2D eigenvalue weighted by atomic mass is 16.2. The minimum absolute atomic E-state index is 0.0267. The summed E-state index contributed by atoms with van der Waals surface area (Å²) < 4.78 is 1.97. The van der Waals surface area contributed by atoms with Crippen LogP contribution in [0.1, 0.15) is 34.2 Å². The first-order valence-electron chi connectivity index (χ1n) is 6.73. The summed E-state index contributed by atoms with van der Waals surface area (Å²) in [5.74, 6) is -0.0267. The predicted molar refractivity (Wildman–Crippen MR) is 77.4 cm³/mol. The molecule has 0 saturated carbocycles. The van der Waals surface area contributed by atoms with E-state index in [4.69, 9.17) is 0 Å². The van der Waals surface area contributed by atoms with Crippen LogP contribution in [0.4, 0.5) is 0 Å². The lowest BCUT2D eigenvalue weighted by Crippen LogP contribution is -2.26. The summed E-state index contributed by atoms with van der Waals surface area (Å²) in [6.07, 6.45) is 3.25. The lowest BCUT2D eigenvalue weighted by Gasteiger charge is -2.17. The second kappa shape index (κ2) is 5.86. The van der Waals surface area contributed by atoms with Crippen LogP contribution in [-0.4, -0.2) is 32.6 Å². The highest BCUT2D eigenvalue weighted by Crippen LogP contribution is 2.16. The molecule has 2 aromatic rings. The molecule has 0 bridgehead atoms. The Morgan fingerprint density at radius 3 is 2.70 bits per heavy atom. The third-order valence-corrected chi connectivity index (χ3v) is 3.48. The van der Waals surface area contributed by atoms with Crippen molar-refractivity contribution >= 4 is 5.91 Å². The highest BCUT2D eigenvalue weighted by molar-refractivity contribution is 5.93. The molecule has 0 aliphatic heterocycles. The minimum Gasteiger partial charge on any atom is -0.337 e. The number of aromatic nitrogens is 3. The first kappa shape index (κ1) is 14.2. The first-order valence-corrected chi connectivity index (χ1v) is 6.73. The maximum atomic E-state index is 12.3. The molecule has 0 aliphatic rings. The fraction of sp³-hybridized carbons (Fsp3) is 0.400. The fourth-order valence-electron chi connectivity index (χ4n) is 2.29. The van der Waals surface area contributed by atoms with E-state index < -0.39 is 0 Å². The van der Waals surface area contributed by atoms with Crippen molar-refractivity contribution in [2.45, 2.75) is 33.9 Å². The SMILES string of the molecule is CCn1nc(C)c(CN(C)C(=O)c2cccnc2)c1C. The molecule has 0 saturated heterocycles. The summed E-state index contributed by atoms with van der Waals surface area (Å²) in [4.78, 5) is 18.0. The Morgan fingerprint density at radius 1 is 1.40 bits per heavy atom. The van der Waals surface area contributed by atoms with Crippen molar-refractivity contribution in [3.63, 3.8) is 0 Å². The molecule has 2 rings (SSSR count). The number of pyridine rings is 1. The van der Waals surface area contributed by atoms with Crippen LogP contribution in [0.5, 0.6) is 0 Å². The molecule has 0 aliphatic carbocycles. The topological polar surface area (TPSA) is 51.0 Å². The smallest absolute Gasteiger partial charge is 0.255 e. The van der Waals surface area contributed by atoms with E-state index in [0.29, 0.717) is 12.1 Å². The molecule has 1 amide bonds. The van der Waals surface area contributed by atoms with Crippen LogP contribution in [0.15, 0.2) is 24.5 Å². The van der Waals surface area contributed by atoms with Gasteiger partial charge >= 0.3 is 0 Å². The largest absolute Gasteiger partial charge is 0.337 e. The zero-order valence-electron chi connectivity index (χ0n) is 12.4. The zero-order valence-corrected chi connectivity index (χ0v) is 12.4. The van der Waals surface area contributed by atoms with E-state index in [-0.39, 0.29) is 5.91 Å². The monoisotopic (exact) mass is 272 g/mol. The number of carbonyl (C=O) groups is 1. The Balaban J connectivity index is 2.18. The average Bonchev–Trinajstić information content (AvgIpc) is 2.74. The van der Waals surface area contributed by atoms with E-state index in [1.54, 1.807) is 36.5 Å². The number of amides is 1. The Morgan fingerprint density at radius 2 is 2.15 bits per heavy atom. The van der Waals surface area contributed by atoms with Gasteiger partial charge in [0.15, 0.2) is 0 Å². The standard InChI is InChI=1S/C15H20N4O/c1-5-19-12(3)14(11(2)17-19)10-18(4)15(20)13-7-6-8-16-9-13/h6-9H,5,10H2,1-4H3. The molecular weight excluding hydrogens is 252 g/mol. The Kier molecular flexibility index (Phi) is 4.17. The Hall–Kier alpha value is -2.17. The van der Waals surface area contributed by atoms with Crippen molar-refractivity contribution < 1.29 is 4.79 Å². The molecule has 0 atom stereocenters. The number of hydrogen-bond donors (Lipinski definition) is 0. The number of carbonyl (C=O) groups excluding carboxylic acids is 1. The molecule has 5 heteroatoms. The summed E-state index contributed by atoms with van der Waals surface area (Å²) in [5.41, 5.74) is 3.82. The van der Waals surface area contributed by atoms with Crippen molar-refractivity contribution in [1.82, 2.24) is 19.7 Å². The van der Waals surface area contributed by atoms with E-state index in [2.05, 4.69) is 17.0 Å². The van der Waals surface area contributed by atoms with Gasteiger partial charge in [0.2, 0.25) is 0 Å². The lowest BCUT2D eigenvalue weighted by molar-refractivity contribution is 0.0784. The molecule has 106 valence electrons. The summed E-state index contributed by atoms with van der Waals surface area (Å²) in [5, 5.41) is 4.48. The average molecular weight is 272 g/mol. The summed E-state index contributed by atoms with van der Waals surface area (Å²) in [6, 6.07) is 3.55. The van der Waals surface area contributed by atoms with Crippen molar-refractivity contribution in [3.8, 4) is 0 Å². The normalized spacial score (nSPS) is 10.6. The van der Waals surface area contributed by atoms with Gasteiger partial charge in [-0.25, -0.2) is 0 Å². The zero-order chi connectivity index (χ0) is 14.7. The van der Waals surface area contributed by atoms with Crippen LogP contribution in [0, 0.1) is 13.8 Å². The van der Waals surface area contributed by atoms with Gasteiger partial charge in [-0.15, -0.1) is 0 Å². The van der Waals surface area contributed by atoms with Crippen molar-refractivity contribution in [1.29, 1.82) is 0 Å². The molecule has 0 radical (unpaired) electrons. The van der Waals surface area contributed by atoms with Crippen LogP contribution in [-0.2, 0) is 13.1 Å². The second-order valence-electron chi connectivity index (χ2n) is 4.87. The third kappa shape index (κ3) is 2.71. The van der Waals surface area contributed by atoms with E-state index in [9.17, 15) is 4.79 Å². The summed E-state index contributed by atoms with van der Waals surface area (Å²) in [7, 11) is 1.80. The van der Waals surface area contributed by atoms with Crippen LogP contribution in [0.3, 0.4) is 0 Å². The number of rotatable bonds is 4. The van der Waals surface area contributed by atoms with E-state index in [1.165, 1.54) is 0 Å². The number of nitrogens with zero attached hydrogens (tertiary/aromatic N) is 4. The van der Waals surface area contributed by atoms with Gasteiger partial charge in [0.05, 0.1) is 11.3 Å². The van der Waals surface area contributed by atoms with Crippen molar-refractivity contribution in [2.75, 3.05) is 7.05 Å². The van der Waals surface area contributed by atoms with Crippen LogP contribution < -0.4 is 0 Å². The van der Waals surface area contributed by atoms with E-state index >= 15 is 0 Å². The first-order chi connectivity index (χ1) is 9.54. The van der Waals surface area contributed by atoms with Gasteiger partial charge in [-0.3, -0.25) is 14.5 Å².